The predicted octanol–water partition coefficient (Wildman–Crippen LogP) is 3.10. The van der Waals surface area contributed by atoms with Crippen molar-refractivity contribution < 1.29 is 4.42 Å². The Balaban J connectivity index is 1.66. The number of hydrogen-bond acceptors (Lipinski definition) is 4. The lowest BCUT2D eigenvalue weighted by Gasteiger charge is -2.05. The van der Waals surface area contributed by atoms with Crippen LogP contribution in [0.4, 0.5) is 0 Å². The predicted molar refractivity (Wildman–Crippen MR) is 87.3 cm³/mol. The molecule has 0 aromatic carbocycles. The highest BCUT2D eigenvalue weighted by atomic mass is 16.3. The van der Waals surface area contributed by atoms with Crippen molar-refractivity contribution in [3.63, 3.8) is 0 Å². The molecule has 3 aromatic rings. The molecule has 0 saturated heterocycles. The molecule has 0 N–H and O–H groups in total. The summed E-state index contributed by atoms with van der Waals surface area (Å²) in [6.07, 6.45) is 4.90. The molecule has 0 aliphatic rings. The van der Waals surface area contributed by atoms with Crippen molar-refractivity contribution >= 4 is 0 Å². The summed E-state index contributed by atoms with van der Waals surface area (Å²) in [6, 6.07) is 4.03. The van der Waals surface area contributed by atoms with Gasteiger partial charge in [-0.3, -0.25) is 4.68 Å². The first-order chi connectivity index (χ1) is 11.0. The molecular weight excluding hydrogens is 290 g/mol. The van der Waals surface area contributed by atoms with E-state index in [0.29, 0.717) is 12.5 Å². The van der Waals surface area contributed by atoms with Gasteiger partial charge in [0.2, 0.25) is 0 Å². The molecule has 0 amide bonds. The number of aromatic nitrogens is 5. The second kappa shape index (κ2) is 6.40. The Labute approximate surface area is 136 Å². The molecule has 0 unspecified atom stereocenters. The summed E-state index contributed by atoms with van der Waals surface area (Å²) in [6.45, 7) is 9.80. The highest BCUT2D eigenvalue weighted by Crippen LogP contribution is 2.21. The molecule has 3 heterocycles. The van der Waals surface area contributed by atoms with Gasteiger partial charge in [0.15, 0.2) is 0 Å². The van der Waals surface area contributed by atoms with E-state index in [1.54, 1.807) is 0 Å². The molecule has 1 atom stereocenters. The van der Waals surface area contributed by atoms with Crippen LogP contribution in [0.1, 0.15) is 48.2 Å². The SMILES string of the molecule is CCn1cc(Cn2cc(C[C@@H](C)c3ccc(C)o3)nn2)c(C)n1. The standard InChI is InChI=1S/C17H23N5O/c1-5-21-9-15(14(4)19-21)10-22-11-16(18-20-22)8-12(2)17-7-6-13(3)23-17/h6-7,9,11-12H,5,8,10H2,1-4H3/t12-/m1/s1. The number of aryl methyl sites for hydroxylation is 3. The molecule has 23 heavy (non-hydrogen) atoms. The third-order valence-corrected chi connectivity index (χ3v) is 4.05. The smallest absolute Gasteiger partial charge is 0.107 e. The van der Waals surface area contributed by atoms with Crippen LogP contribution in [0.2, 0.25) is 0 Å². The van der Waals surface area contributed by atoms with Crippen LogP contribution in [0.25, 0.3) is 0 Å². The van der Waals surface area contributed by atoms with Gasteiger partial charge < -0.3 is 4.42 Å². The average Bonchev–Trinajstić information content (AvgIpc) is 3.22. The first-order valence-corrected chi connectivity index (χ1v) is 8.03. The minimum absolute atomic E-state index is 0.290. The largest absolute Gasteiger partial charge is 0.466 e. The summed E-state index contributed by atoms with van der Waals surface area (Å²) < 4.78 is 9.51. The molecule has 122 valence electrons. The second-order valence-corrected chi connectivity index (χ2v) is 6.06. The Morgan fingerprint density at radius 3 is 2.65 bits per heavy atom. The van der Waals surface area contributed by atoms with Crippen molar-refractivity contribution in [3.8, 4) is 0 Å². The van der Waals surface area contributed by atoms with Crippen LogP contribution in [0.3, 0.4) is 0 Å². The molecule has 6 heteroatoms. The van der Waals surface area contributed by atoms with Crippen LogP contribution >= 0.6 is 0 Å². The van der Waals surface area contributed by atoms with Gasteiger partial charge in [0, 0.05) is 36.8 Å². The third-order valence-electron chi connectivity index (χ3n) is 4.05. The van der Waals surface area contributed by atoms with Gasteiger partial charge in [0.1, 0.15) is 11.5 Å². The van der Waals surface area contributed by atoms with Crippen LogP contribution in [-0.4, -0.2) is 24.8 Å². The first-order valence-electron chi connectivity index (χ1n) is 8.03. The van der Waals surface area contributed by atoms with Gasteiger partial charge in [-0.05, 0) is 32.9 Å². The van der Waals surface area contributed by atoms with Gasteiger partial charge in [0.25, 0.3) is 0 Å². The second-order valence-electron chi connectivity index (χ2n) is 6.06. The first kappa shape index (κ1) is 15.5. The lowest BCUT2D eigenvalue weighted by atomic mass is 10.0. The maximum Gasteiger partial charge on any atom is 0.107 e. The molecule has 0 aliphatic carbocycles. The van der Waals surface area contributed by atoms with Crippen molar-refractivity contribution in [1.82, 2.24) is 24.8 Å². The Kier molecular flexibility index (Phi) is 4.32. The fourth-order valence-corrected chi connectivity index (χ4v) is 2.69. The molecule has 0 radical (unpaired) electrons. The van der Waals surface area contributed by atoms with E-state index in [2.05, 4.69) is 35.5 Å². The average molecular weight is 313 g/mol. The quantitative estimate of drug-likeness (QED) is 0.701. The molecule has 0 bridgehead atoms. The molecule has 3 aromatic heterocycles. The summed E-state index contributed by atoms with van der Waals surface area (Å²) in [4.78, 5) is 0. The van der Waals surface area contributed by atoms with Gasteiger partial charge in [-0.15, -0.1) is 5.10 Å². The maximum atomic E-state index is 5.68. The normalized spacial score (nSPS) is 12.7. The van der Waals surface area contributed by atoms with Crippen LogP contribution in [0, 0.1) is 13.8 Å². The zero-order chi connectivity index (χ0) is 16.4. The van der Waals surface area contributed by atoms with E-state index in [-0.39, 0.29) is 0 Å². The molecule has 0 saturated carbocycles. The van der Waals surface area contributed by atoms with Crippen molar-refractivity contribution in [2.45, 2.75) is 53.1 Å². The topological polar surface area (TPSA) is 61.7 Å². The highest BCUT2D eigenvalue weighted by Gasteiger charge is 2.13. The Bertz CT molecular complexity index is 783. The van der Waals surface area contributed by atoms with Gasteiger partial charge in [-0.25, -0.2) is 4.68 Å². The third kappa shape index (κ3) is 3.52. The van der Waals surface area contributed by atoms with Gasteiger partial charge in [-0.1, -0.05) is 12.1 Å². The lowest BCUT2D eigenvalue weighted by molar-refractivity contribution is 0.450. The fourth-order valence-electron chi connectivity index (χ4n) is 2.69. The van der Waals surface area contributed by atoms with E-state index < -0.39 is 0 Å². The van der Waals surface area contributed by atoms with Crippen molar-refractivity contribution in [1.29, 1.82) is 0 Å². The van der Waals surface area contributed by atoms with E-state index in [4.69, 9.17) is 4.42 Å². The molecular formula is C17H23N5O. The Morgan fingerprint density at radius 2 is 2.00 bits per heavy atom. The van der Waals surface area contributed by atoms with Gasteiger partial charge in [-0.2, -0.15) is 5.10 Å². The number of nitrogens with zero attached hydrogens (tertiary/aromatic N) is 5. The number of rotatable bonds is 6. The van der Waals surface area contributed by atoms with Crippen LogP contribution < -0.4 is 0 Å². The molecule has 0 aliphatic heterocycles. The van der Waals surface area contributed by atoms with Crippen LogP contribution in [-0.2, 0) is 19.5 Å². The summed E-state index contributed by atoms with van der Waals surface area (Å²) in [5, 5.41) is 13.0. The van der Waals surface area contributed by atoms with E-state index in [1.165, 1.54) is 5.56 Å². The van der Waals surface area contributed by atoms with Crippen LogP contribution in [0.5, 0.6) is 0 Å². The van der Waals surface area contributed by atoms with E-state index in [9.17, 15) is 0 Å². The summed E-state index contributed by atoms with van der Waals surface area (Å²) in [5.41, 5.74) is 3.20. The molecule has 6 nitrogen and oxygen atoms in total. The van der Waals surface area contributed by atoms with E-state index in [0.717, 1.165) is 35.9 Å². The van der Waals surface area contributed by atoms with Crippen molar-refractivity contribution in [3.05, 3.63) is 53.0 Å². The Hall–Kier alpha value is -2.37. The Morgan fingerprint density at radius 1 is 1.17 bits per heavy atom. The summed E-state index contributed by atoms with van der Waals surface area (Å²) >= 11 is 0. The fraction of sp³-hybridized carbons (Fsp3) is 0.471. The molecule has 0 spiro atoms. The summed E-state index contributed by atoms with van der Waals surface area (Å²) in [5.74, 6) is 2.23. The highest BCUT2D eigenvalue weighted by molar-refractivity contribution is 5.16. The number of hydrogen-bond donors (Lipinski definition) is 0. The van der Waals surface area contributed by atoms with Crippen LogP contribution in [0.15, 0.2) is 28.9 Å². The monoisotopic (exact) mass is 313 g/mol. The maximum absolute atomic E-state index is 5.68. The molecule has 0 fully saturated rings. The molecule has 3 rings (SSSR count). The minimum Gasteiger partial charge on any atom is -0.466 e. The lowest BCUT2D eigenvalue weighted by Crippen LogP contribution is -2.01. The number of furan rings is 1. The summed E-state index contributed by atoms with van der Waals surface area (Å²) in [7, 11) is 0. The van der Waals surface area contributed by atoms with Crippen molar-refractivity contribution in [2.24, 2.45) is 0 Å². The minimum atomic E-state index is 0.290. The van der Waals surface area contributed by atoms with Gasteiger partial charge >= 0.3 is 0 Å². The van der Waals surface area contributed by atoms with E-state index in [1.807, 2.05) is 41.5 Å². The zero-order valence-corrected chi connectivity index (χ0v) is 14.2. The van der Waals surface area contributed by atoms with Crippen molar-refractivity contribution in [2.75, 3.05) is 0 Å². The zero-order valence-electron chi connectivity index (χ0n) is 14.2. The van der Waals surface area contributed by atoms with Gasteiger partial charge in [0.05, 0.1) is 17.9 Å². The van der Waals surface area contributed by atoms with E-state index >= 15 is 0 Å².